The van der Waals surface area contributed by atoms with E-state index >= 15 is 0 Å². The van der Waals surface area contributed by atoms with Crippen molar-refractivity contribution in [2.45, 2.75) is 13.1 Å². The predicted octanol–water partition coefficient (Wildman–Crippen LogP) is 3.44. The zero-order chi connectivity index (χ0) is 18.2. The highest BCUT2D eigenvalue weighted by atomic mass is 127. The highest BCUT2D eigenvalue weighted by Crippen LogP contribution is 2.14. The third-order valence-corrected chi connectivity index (χ3v) is 4.33. The lowest BCUT2D eigenvalue weighted by atomic mass is 10.2. The SMILES string of the molecule is CN=C(NCCN(C)Cc1ccccc1)N(C)Cc1cc(Cl)cn1C.I. The third kappa shape index (κ3) is 7.17. The molecule has 0 bridgehead atoms. The van der Waals surface area contributed by atoms with Crippen LogP contribution in [0.3, 0.4) is 0 Å². The smallest absolute Gasteiger partial charge is 0.193 e. The molecule has 7 heteroatoms. The van der Waals surface area contributed by atoms with Gasteiger partial charge < -0.3 is 19.7 Å². The molecule has 1 N–H and O–H groups in total. The van der Waals surface area contributed by atoms with Gasteiger partial charge in [-0.25, -0.2) is 0 Å². The van der Waals surface area contributed by atoms with Crippen LogP contribution in [0, 0.1) is 0 Å². The molecule has 0 saturated carbocycles. The fraction of sp³-hybridized carbons (Fsp3) is 0.421. The molecule has 2 rings (SSSR count). The average molecular weight is 490 g/mol. The van der Waals surface area contributed by atoms with Gasteiger partial charge in [-0.2, -0.15) is 0 Å². The van der Waals surface area contributed by atoms with Crippen LogP contribution < -0.4 is 5.32 Å². The number of likely N-dealkylation sites (N-methyl/N-ethyl adjacent to an activating group) is 1. The standard InChI is InChI=1S/C19H28ClN5.HI/c1-21-19(25(4)15-18-12-17(20)14-24(18)3)22-10-11-23(2)13-16-8-6-5-7-9-16;/h5-9,12,14H,10-11,13,15H2,1-4H3,(H,21,22);1H. The molecular weight excluding hydrogens is 461 g/mol. The summed E-state index contributed by atoms with van der Waals surface area (Å²) < 4.78 is 2.04. The summed E-state index contributed by atoms with van der Waals surface area (Å²) >= 11 is 6.06. The van der Waals surface area contributed by atoms with Crippen LogP contribution in [0.1, 0.15) is 11.3 Å². The molecule has 0 fully saturated rings. The highest BCUT2D eigenvalue weighted by Gasteiger charge is 2.10. The minimum absolute atomic E-state index is 0. The van der Waals surface area contributed by atoms with E-state index in [9.17, 15) is 0 Å². The number of hydrogen-bond donors (Lipinski definition) is 1. The Balaban J connectivity index is 0.00000338. The Morgan fingerprint density at radius 2 is 1.88 bits per heavy atom. The van der Waals surface area contributed by atoms with Gasteiger partial charge in [-0.15, -0.1) is 24.0 Å². The number of nitrogens with one attached hydrogen (secondary N) is 1. The van der Waals surface area contributed by atoms with Gasteiger partial charge in [0.05, 0.1) is 11.6 Å². The number of rotatable bonds is 7. The number of aryl methyl sites for hydroxylation is 1. The number of benzene rings is 1. The van der Waals surface area contributed by atoms with Crippen molar-refractivity contribution in [1.29, 1.82) is 0 Å². The van der Waals surface area contributed by atoms with Crippen molar-refractivity contribution in [1.82, 2.24) is 19.7 Å². The van der Waals surface area contributed by atoms with Gasteiger partial charge in [0.15, 0.2) is 5.96 Å². The molecule has 144 valence electrons. The van der Waals surface area contributed by atoms with Gasteiger partial charge in [0, 0.05) is 52.7 Å². The van der Waals surface area contributed by atoms with Crippen molar-refractivity contribution in [3.05, 3.63) is 58.9 Å². The summed E-state index contributed by atoms with van der Waals surface area (Å²) in [5.41, 5.74) is 2.48. The minimum Gasteiger partial charge on any atom is -0.355 e. The summed E-state index contributed by atoms with van der Waals surface area (Å²) in [5, 5.41) is 4.18. The van der Waals surface area contributed by atoms with Crippen molar-refractivity contribution in [2.75, 3.05) is 34.2 Å². The normalized spacial score (nSPS) is 11.4. The lowest BCUT2D eigenvalue weighted by molar-refractivity contribution is 0.328. The second-order valence-electron chi connectivity index (χ2n) is 6.31. The molecule has 0 atom stereocenters. The molecule has 1 heterocycles. The van der Waals surface area contributed by atoms with Crippen LogP contribution in [0.5, 0.6) is 0 Å². The molecule has 0 aliphatic rings. The number of aromatic nitrogens is 1. The van der Waals surface area contributed by atoms with Gasteiger partial charge in [-0.05, 0) is 18.7 Å². The van der Waals surface area contributed by atoms with Crippen molar-refractivity contribution in [3.63, 3.8) is 0 Å². The Morgan fingerprint density at radius 3 is 2.46 bits per heavy atom. The Labute approximate surface area is 179 Å². The molecule has 0 aliphatic carbocycles. The first-order valence-electron chi connectivity index (χ1n) is 8.44. The van der Waals surface area contributed by atoms with Crippen LogP contribution in [0.15, 0.2) is 47.6 Å². The van der Waals surface area contributed by atoms with Crippen molar-refractivity contribution >= 4 is 41.5 Å². The first-order valence-corrected chi connectivity index (χ1v) is 8.82. The van der Waals surface area contributed by atoms with Gasteiger partial charge in [0.2, 0.25) is 0 Å². The zero-order valence-electron chi connectivity index (χ0n) is 15.9. The van der Waals surface area contributed by atoms with E-state index in [1.165, 1.54) is 5.56 Å². The Kier molecular flexibility index (Phi) is 10.0. The van der Waals surface area contributed by atoms with Gasteiger partial charge in [-0.3, -0.25) is 4.99 Å². The number of aliphatic imine (C=N–C) groups is 1. The molecule has 5 nitrogen and oxygen atoms in total. The molecular formula is C19H29ClIN5. The molecule has 26 heavy (non-hydrogen) atoms. The summed E-state index contributed by atoms with van der Waals surface area (Å²) in [6.07, 6.45) is 1.92. The van der Waals surface area contributed by atoms with Crippen LogP contribution >= 0.6 is 35.6 Å². The Hall–Kier alpha value is -1.25. The molecule has 2 aromatic rings. The fourth-order valence-electron chi connectivity index (χ4n) is 2.76. The zero-order valence-corrected chi connectivity index (χ0v) is 19.0. The maximum absolute atomic E-state index is 6.06. The van der Waals surface area contributed by atoms with E-state index in [0.29, 0.717) is 0 Å². The van der Waals surface area contributed by atoms with Crippen molar-refractivity contribution in [2.24, 2.45) is 12.0 Å². The number of hydrogen-bond acceptors (Lipinski definition) is 2. The first kappa shape index (κ1) is 22.8. The van der Waals surface area contributed by atoms with Crippen molar-refractivity contribution < 1.29 is 0 Å². The number of halogens is 2. The largest absolute Gasteiger partial charge is 0.355 e. The first-order chi connectivity index (χ1) is 12.0. The minimum atomic E-state index is 0. The molecule has 0 radical (unpaired) electrons. The van der Waals surface area contributed by atoms with Gasteiger partial charge >= 0.3 is 0 Å². The van der Waals surface area contributed by atoms with E-state index in [2.05, 4.69) is 51.4 Å². The lowest BCUT2D eigenvalue weighted by Crippen LogP contribution is -2.41. The van der Waals surface area contributed by atoms with Crippen LogP contribution in [-0.4, -0.2) is 54.6 Å². The molecule has 0 unspecified atom stereocenters. The van der Waals surface area contributed by atoms with E-state index in [1.54, 1.807) is 0 Å². The molecule has 0 aliphatic heterocycles. The molecule has 0 amide bonds. The van der Waals surface area contributed by atoms with Crippen LogP contribution in [0.4, 0.5) is 0 Å². The Morgan fingerprint density at radius 1 is 1.19 bits per heavy atom. The summed E-state index contributed by atoms with van der Waals surface area (Å²) in [6.45, 7) is 3.48. The second kappa shape index (κ2) is 11.5. The van der Waals surface area contributed by atoms with E-state index in [-0.39, 0.29) is 24.0 Å². The van der Waals surface area contributed by atoms with Gasteiger partial charge in [0.25, 0.3) is 0 Å². The van der Waals surface area contributed by atoms with Crippen LogP contribution in [0.25, 0.3) is 0 Å². The molecule has 1 aromatic carbocycles. The number of guanidine groups is 1. The average Bonchev–Trinajstić information content (AvgIpc) is 2.89. The van der Waals surface area contributed by atoms with E-state index in [0.717, 1.165) is 42.9 Å². The monoisotopic (exact) mass is 489 g/mol. The number of nitrogens with zero attached hydrogens (tertiary/aromatic N) is 4. The van der Waals surface area contributed by atoms with Crippen LogP contribution in [0.2, 0.25) is 5.02 Å². The Bertz CT molecular complexity index is 686. The highest BCUT2D eigenvalue weighted by molar-refractivity contribution is 14.0. The van der Waals surface area contributed by atoms with E-state index < -0.39 is 0 Å². The fourth-order valence-corrected chi connectivity index (χ4v) is 3.03. The van der Waals surface area contributed by atoms with Crippen molar-refractivity contribution in [3.8, 4) is 0 Å². The topological polar surface area (TPSA) is 35.8 Å². The van der Waals surface area contributed by atoms with Crippen LogP contribution in [-0.2, 0) is 20.1 Å². The quantitative estimate of drug-likeness (QED) is 0.368. The van der Waals surface area contributed by atoms with Gasteiger partial charge in [0.1, 0.15) is 0 Å². The summed E-state index contributed by atoms with van der Waals surface area (Å²) in [5.74, 6) is 0.880. The van der Waals surface area contributed by atoms with Gasteiger partial charge in [-0.1, -0.05) is 41.9 Å². The molecule has 1 aromatic heterocycles. The van der Waals surface area contributed by atoms with E-state index in [4.69, 9.17) is 11.6 Å². The van der Waals surface area contributed by atoms with E-state index in [1.807, 2.05) is 44.0 Å². The summed E-state index contributed by atoms with van der Waals surface area (Å²) in [6, 6.07) is 12.5. The maximum atomic E-state index is 6.06. The molecule has 0 spiro atoms. The predicted molar refractivity (Wildman–Crippen MR) is 121 cm³/mol. The second-order valence-corrected chi connectivity index (χ2v) is 6.75. The summed E-state index contributed by atoms with van der Waals surface area (Å²) in [7, 11) is 7.98. The lowest BCUT2D eigenvalue weighted by Gasteiger charge is -2.24. The summed E-state index contributed by atoms with van der Waals surface area (Å²) in [4.78, 5) is 8.77. The third-order valence-electron chi connectivity index (χ3n) is 4.12. The maximum Gasteiger partial charge on any atom is 0.193 e. The molecule has 0 saturated heterocycles.